The van der Waals surface area contributed by atoms with Crippen molar-refractivity contribution in [2.24, 2.45) is 0 Å². The third-order valence-corrected chi connectivity index (χ3v) is 30.1. The Hall–Kier alpha value is -11.7. The van der Waals surface area contributed by atoms with E-state index in [1.807, 2.05) is 47.7 Å². The summed E-state index contributed by atoms with van der Waals surface area (Å²) in [5.74, 6) is -5.41. The molecule has 2 atom stereocenters. The first kappa shape index (κ1) is 102. The molecule has 0 saturated carbocycles. The van der Waals surface area contributed by atoms with Crippen molar-refractivity contribution in [3.05, 3.63) is 293 Å². The van der Waals surface area contributed by atoms with Crippen LogP contribution < -0.4 is 4.74 Å². The first-order valence-corrected chi connectivity index (χ1v) is 51.4. The predicted octanol–water partition coefficient (Wildman–Crippen LogP) is 21.8. The maximum absolute atomic E-state index is 14.2. The van der Waals surface area contributed by atoms with E-state index in [9.17, 15) is 49.8 Å². The molecule has 29 heteroatoms. The molecule has 2 aliphatic carbocycles. The molecule has 25 nitrogen and oxygen atoms in total. The number of carboxylic acid groups (broad SMARTS) is 4. The lowest BCUT2D eigenvalue weighted by atomic mass is 9.66. The van der Waals surface area contributed by atoms with E-state index in [1.165, 1.54) is 58.4 Å². The molecular formula is C112H118N4O21S4. The van der Waals surface area contributed by atoms with Gasteiger partial charge < -0.3 is 83.1 Å². The normalized spacial score (nSPS) is 14.1. The van der Waals surface area contributed by atoms with Gasteiger partial charge >= 0.3 is 23.9 Å². The summed E-state index contributed by atoms with van der Waals surface area (Å²) < 4.78 is 77.4. The third-order valence-electron chi connectivity index (χ3n) is 26.5. The number of phenols is 1. The Morgan fingerprint density at radius 3 is 1.28 bits per heavy atom. The summed E-state index contributed by atoms with van der Waals surface area (Å²) in [5.41, 5.74) is 18.0. The number of hydrogen-bond acceptors (Lipinski definition) is 25. The Balaban J connectivity index is 0.818. The maximum Gasteiger partial charge on any atom is 0.339 e. The van der Waals surface area contributed by atoms with E-state index in [-0.39, 0.29) is 147 Å². The molecule has 0 saturated heterocycles. The number of ether oxygens (including phenoxy) is 10. The number of carbonyl (C=O) groups is 4. The van der Waals surface area contributed by atoms with Crippen molar-refractivity contribution in [3.8, 4) is 76.2 Å². The summed E-state index contributed by atoms with van der Waals surface area (Å²) in [4.78, 5) is 60.3. The summed E-state index contributed by atoms with van der Waals surface area (Å²) in [6, 6.07) is 58.8. The quantitative estimate of drug-likeness (QED) is 0.0174. The van der Waals surface area contributed by atoms with Crippen LogP contribution >= 0.6 is 46.1 Å². The number of carboxylic acids is 4. The number of hydrogen-bond donors (Lipinski definition) is 7. The minimum absolute atomic E-state index is 0.0190. The van der Waals surface area contributed by atoms with E-state index in [0.717, 1.165) is 178 Å². The molecule has 0 bridgehead atoms. The van der Waals surface area contributed by atoms with E-state index in [1.54, 1.807) is 60.9 Å². The highest BCUT2D eigenvalue weighted by molar-refractivity contribution is 7.19. The molecule has 0 aliphatic heterocycles. The number of aromatic nitrogens is 4. The number of aliphatic hydroxyl groups excluding tert-OH is 2. The molecule has 0 amide bonds. The van der Waals surface area contributed by atoms with Crippen molar-refractivity contribution in [1.29, 1.82) is 0 Å². The minimum atomic E-state index is -1.52. The number of aromatic carboxylic acids is 4. The fraction of sp³-hybridized carbons (Fsp3) is 0.357. The number of unbranched alkanes of at least 4 members (excludes halogenated alkanes) is 6. The van der Waals surface area contributed by atoms with Gasteiger partial charge in [-0.25, -0.2) is 19.2 Å². The van der Waals surface area contributed by atoms with Crippen LogP contribution in [0.1, 0.15) is 209 Å². The number of fused-ring (bicyclic) bond motifs is 8. The topological polar surface area (TPSA) is 354 Å². The molecule has 10 aromatic carbocycles. The summed E-state index contributed by atoms with van der Waals surface area (Å²) in [6.07, 6.45) is 12.5. The third kappa shape index (κ3) is 22.2. The van der Waals surface area contributed by atoms with Gasteiger partial charge in [0.1, 0.15) is 51.3 Å². The molecule has 14 aromatic rings. The van der Waals surface area contributed by atoms with Gasteiger partial charge in [0.2, 0.25) is 0 Å². The first-order chi connectivity index (χ1) is 68.9. The van der Waals surface area contributed by atoms with Gasteiger partial charge in [-0.15, -0.1) is 22.7 Å². The van der Waals surface area contributed by atoms with Crippen molar-refractivity contribution < 1.29 is 102 Å². The Kier molecular flexibility index (Phi) is 35.1. The van der Waals surface area contributed by atoms with Gasteiger partial charge in [-0.3, -0.25) is 0 Å². The van der Waals surface area contributed by atoms with Crippen LogP contribution in [0.4, 0.5) is 0 Å². The average molecular weight is 1980 g/mol. The summed E-state index contributed by atoms with van der Waals surface area (Å²) >= 11 is 5.81. The zero-order valence-corrected chi connectivity index (χ0v) is 83.2. The molecule has 16 rings (SSSR count). The van der Waals surface area contributed by atoms with Crippen molar-refractivity contribution in [1.82, 2.24) is 17.5 Å². The van der Waals surface area contributed by atoms with Crippen LogP contribution in [0.15, 0.2) is 182 Å². The Bertz CT molecular complexity index is 6700. The van der Waals surface area contributed by atoms with Gasteiger partial charge in [-0.05, 0) is 222 Å². The highest BCUT2D eigenvalue weighted by Gasteiger charge is 2.50. The summed E-state index contributed by atoms with van der Waals surface area (Å²) in [6.45, 7) is 12.0. The standard InChI is InChI=1S/C112H118N4O21S4/c1-6-10-12-14-16-72-61-100(138-99(72)9-4)87-34-35-88(105-104(87)115-141-116-105)101-62-74(17-15-13-11-7-2)106(139-101)75-24-33-86-84-30-19-70(58-94(84)111(96(86)60-75,80-27-36-97(119)91(65-80)109(124)125)78-25-20-76(89(63-78)107(120)121)67-135-52-50-132-46-44-129-40-38-117)56-73-23-31-82(103-102(73)113-140-114-103)71-22-32-85-83-29-18-69(8-3)57-93(83)112(95(85)59-71,79-26-21-77(90(64-79)108(122)123)68-136-53-51-133-47-45-130-41-39-118)81-28-37-98(92(66-81)110(126)127)137-55-54-134-49-48-131-43-42-128-5/h18-37,57-66,117-119H,6-17,38-56,67-68H2,1-5H3,(H,120,121)(H,122,123)(H,124,125)(H,126,127). The van der Waals surface area contributed by atoms with Crippen LogP contribution in [0.25, 0.3) is 86.8 Å². The van der Waals surface area contributed by atoms with Crippen molar-refractivity contribution in [2.75, 3.05) is 126 Å². The Morgan fingerprint density at radius 1 is 0.340 bits per heavy atom. The molecule has 7 N–H and O–H groups in total. The maximum atomic E-state index is 14.2. The highest BCUT2D eigenvalue weighted by atomic mass is 32.1. The molecule has 736 valence electrons. The lowest BCUT2D eigenvalue weighted by Crippen LogP contribution is -2.30. The van der Waals surface area contributed by atoms with E-state index < -0.39 is 40.5 Å². The molecule has 0 spiro atoms. The number of aliphatic hydroxyl groups is 2. The monoisotopic (exact) mass is 1980 g/mol. The highest BCUT2D eigenvalue weighted by Crippen LogP contribution is 2.61. The van der Waals surface area contributed by atoms with E-state index in [0.29, 0.717) is 70.7 Å². The smallest absolute Gasteiger partial charge is 0.339 e. The number of benzene rings is 10. The lowest BCUT2D eigenvalue weighted by Gasteiger charge is -2.35. The lowest BCUT2D eigenvalue weighted by molar-refractivity contribution is 0.00435. The summed E-state index contributed by atoms with van der Waals surface area (Å²) in [5, 5.41) is 75.4. The second-order valence-corrected chi connectivity index (χ2v) is 38.4. The van der Waals surface area contributed by atoms with E-state index in [4.69, 9.17) is 70.0 Å². The molecule has 4 heterocycles. The van der Waals surface area contributed by atoms with Crippen LogP contribution in [-0.4, -0.2) is 203 Å². The number of aromatic hydroxyl groups is 1. The largest absolute Gasteiger partial charge is 0.507 e. The van der Waals surface area contributed by atoms with E-state index >= 15 is 0 Å². The molecule has 0 fully saturated rings. The fourth-order valence-electron chi connectivity index (χ4n) is 19.6. The minimum Gasteiger partial charge on any atom is -0.507 e. The van der Waals surface area contributed by atoms with Gasteiger partial charge in [0.15, 0.2) is 0 Å². The molecular weight excluding hydrogens is 1870 g/mol. The Labute approximate surface area is 836 Å². The summed E-state index contributed by atoms with van der Waals surface area (Å²) in [7, 11) is 1.59. The fourth-order valence-corrected chi connectivity index (χ4v) is 23.2. The zero-order chi connectivity index (χ0) is 98.5. The molecule has 141 heavy (non-hydrogen) atoms. The second kappa shape index (κ2) is 48.4. The van der Waals surface area contributed by atoms with Crippen molar-refractivity contribution in [2.45, 2.75) is 135 Å². The number of thiophene rings is 2. The molecule has 0 radical (unpaired) electrons. The average Bonchev–Trinajstić information content (AvgIpc) is 1.54. The van der Waals surface area contributed by atoms with Gasteiger partial charge in [0.05, 0.1) is 171 Å². The SMILES string of the molecule is CCCCCCc1cc(-c2ccc(-c3cc(CCCCCC)c(-c4ccc5c(c4)C(c4ccc(O)c(C(=O)O)c4)(c4ccc(COCCOCCOCCO)c(C(=O)O)c4)c4cc(Cc6ccc(-c7ccc8c(c7)C(c7ccc(COCCOCCOCCO)c(C(=O)O)c7)(c7ccc(OCCOCCOCCOC)c(C(=O)O)c7)c7cc(CC)ccc7-8)c7nsnc67)ccc4-5)s3)c3nsnc23)sc1CC. The molecule has 2 aliphatic rings. The Morgan fingerprint density at radius 2 is 0.752 bits per heavy atom. The van der Waals surface area contributed by atoms with Gasteiger partial charge in [-0.1, -0.05) is 188 Å². The van der Waals surface area contributed by atoms with Gasteiger partial charge in [-0.2, -0.15) is 17.5 Å². The van der Waals surface area contributed by atoms with Crippen LogP contribution in [-0.2, 0) is 98.8 Å². The van der Waals surface area contributed by atoms with Gasteiger partial charge in [0, 0.05) is 43.3 Å². The number of methoxy groups -OCH3 is 1. The van der Waals surface area contributed by atoms with Crippen LogP contribution in [0.2, 0.25) is 0 Å². The van der Waals surface area contributed by atoms with Crippen LogP contribution in [0, 0.1) is 0 Å². The van der Waals surface area contributed by atoms with Gasteiger partial charge in [0.25, 0.3) is 0 Å². The first-order valence-electron chi connectivity index (χ1n) is 48.4. The second-order valence-electron chi connectivity index (χ2n) is 35.1. The predicted molar refractivity (Wildman–Crippen MR) is 549 cm³/mol. The van der Waals surface area contributed by atoms with Crippen molar-refractivity contribution >= 4 is 92.1 Å². The number of rotatable bonds is 56. The van der Waals surface area contributed by atoms with Crippen LogP contribution in [0.3, 0.4) is 0 Å². The van der Waals surface area contributed by atoms with Crippen LogP contribution in [0.5, 0.6) is 11.5 Å². The number of nitrogens with zero attached hydrogens (tertiary/aromatic N) is 4. The molecule has 4 aromatic heterocycles. The molecule has 2 unspecified atom stereocenters. The van der Waals surface area contributed by atoms with Crippen molar-refractivity contribution in [3.63, 3.8) is 0 Å². The zero-order valence-electron chi connectivity index (χ0n) is 79.9. The number of aryl methyl sites for hydroxylation is 4. The van der Waals surface area contributed by atoms with E-state index in [2.05, 4.69) is 119 Å².